The van der Waals surface area contributed by atoms with Crippen LogP contribution in [0, 0.1) is 0 Å². The monoisotopic (exact) mass is 215 g/mol. The van der Waals surface area contributed by atoms with E-state index in [1.807, 2.05) is 0 Å². The summed E-state index contributed by atoms with van der Waals surface area (Å²) in [6.07, 6.45) is 0.769. The molecule has 6 nitrogen and oxygen atoms in total. The van der Waals surface area contributed by atoms with Gasteiger partial charge < -0.3 is 21.1 Å². The van der Waals surface area contributed by atoms with Gasteiger partial charge in [0.2, 0.25) is 5.91 Å². The smallest absolute Gasteiger partial charge is 0.326 e. The molecule has 0 spiro atoms. The molecule has 0 radical (unpaired) electrons. The Morgan fingerprint density at radius 2 is 1.73 bits per heavy atom. The highest BCUT2D eigenvalue weighted by atomic mass is 16.4. The first kappa shape index (κ1) is 11.9. The number of carboxylic acid groups (broad SMARTS) is 1. The number of rotatable bonds is 1. The fraction of sp³-hybridized carbons (Fsp3) is 0.778. The second kappa shape index (κ2) is 6.36. The average molecular weight is 215 g/mol. The average Bonchev–Trinajstić information content (AvgIpc) is 2.69. The Morgan fingerprint density at radius 1 is 1.20 bits per heavy atom. The number of nitrogens with one attached hydrogen (secondary N) is 3. The summed E-state index contributed by atoms with van der Waals surface area (Å²) in [4.78, 5) is 20.5. The van der Waals surface area contributed by atoms with Crippen molar-refractivity contribution in [2.45, 2.75) is 18.9 Å². The van der Waals surface area contributed by atoms with Crippen LogP contribution in [0.15, 0.2) is 0 Å². The van der Waals surface area contributed by atoms with Gasteiger partial charge in [-0.3, -0.25) is 4.79 Å². The minimum absolute atomic E-state index is 0.164. The lowest BCUT2D eigenvalue weighted by atomic mass is 10.2. The van der Waals surface area contributed by atoms with E-state index in [-0.39, 0.29) is 5.91 Å². The maximum Gasteiger partial charge on any atom is 0.326 e. The van der Waals surface area contributed by atoms with Crippen LogP contribution in [-0.2, 0) is 9.59 Å². The number of amides is 1. The zero-order valence-corrected chi connectivity index (χ0v) is 8.58. The highest BCUT2D eigenvalue weighted by molar-refractivity contribution is 5.87. The molecular weight excluding hydrogens is 198 g/mol. The summed E-state index contributed by atoms with van der Waals surface area (Å²) in [6.45, 7) is 4.56. The molecule has 0 unspecified atom stereocenters. The lowest BCUT2D eigenvalue weighted by molar-refractivity contribution is -0.140. The van der Waals surface area contributed by atoms with Crippen LogP contribution in [-0.4, -0.2) is 49.2 Å². The summed E-state index contributed by atoms with van der Waals surface area (Å²) in [7, 11) is 0. The third-order valence-electron chi connectivity index (χ3n) is 2.25. The third-order valence-corrected chi connectivity index (χ3v) is 2.25. The molecule has 6 heteroatoms. The summed E-state index contributed by atoms with van der Waals surface area (Å²) in [6, 6.07) is -0.641. The zero-order chi connectivity index (χ0) is 11.1. The maximum atomic E-state index is 10.4. The number of carbonyl (C=O) groups is 2. The minimum Gasteiger partial charge on any atom is -0.480 e. The van der Waals surface area contributed by atoms with Crippen molar-refractivity contribution >= 4 is 11.9 Å². The summed E-state index contributed by atoms with van der Waals surface area (Å²) in [5.41, 5.74) is 0. The first-order valence-corrected chi connectivity index (χ1v) is 5.14. The number of hydrogen-bond acceptors (Lipinski definition) is 4. The topological polar surface area (TPSA) is 90.5 Å². The van der Waals surface area contributed by atoms with Gasteiger partial charge in [-0.05, 0) is 6.42 Å². The van der Waals surface area contributed by atoms with Crippen LogP contribution < -0.4 is 16.0 Å². The van der Waals surface area contributed by atoms with Crippen molar-refractivity contribution in [1.29, 1.82) is 0 Å². The molecule has 1 amide bonds. The number of hydrogen-bond donors (Lipinski definition) is 4. The molecule has 2 aliphatic heterocycles. The number of carboxylic acids is 1. The molecule has 0 aromatic heterocycles. The summed E-state index contributed by atoms with van der Waals surface area (Å²) in [5.74, 6) is -1.11. The molecule has 15 heavy (non-hydrogen) atoms. The highest BCUT2D eigenvalue weighted by Crippen LogP contribution is 2.05. The molecule has 0 aromatic carbocycles. The van der Waals surface area contributed by atoms with Gasteiger partial charge in [-0.1, -0.05) is 0 Å². The summed E-state index contributed by atoms with van der Waals surface area (Å²) >= 11 is 0. The molecule has 0 saturated carbocycles. The van der Waals surface area contributed by atoms with Gasteiger partial charge in [0.25, 0.3) is 0 Å². The van der Waals surface area contributed by atoms with Crippen LogP contribution in [0.2, 0.25) is 0 Å². The van der Waals surface area contributed by atoms with Crippen molar-refractivity contribution in [1.82, 2.24) is 16.0 Å². The van der Waals surface area contributed by atoms with Crippen molar-refractivity contribution in [2.75, 3.05) is 26.2 Å². The fourth-order valence-corrected chi connectivity index (χ4v) is 1.40. The standard InChI is InChI=1S/C5H7NO3.C4H10N2/c7-4-2-1-3(6-4)5(8)9;1-2-6-4-3-5-1/h3H,1-2H2,(H,6,7)(H,8,9);5-6H,1-4H2/t3-;/m0./s1. The number of aliphatic carboxylic acids is 1. The second-order valence-electron chi connectivity index (χ2n) is 3.50. The molecule has 2 heterocycles. The van der Waals surface area contributed by atoms with Gasteiger partial charge >= 0.3 is 5.97 Å². The molecule has 2 rings (SSSR count). The van der Waals surface area contributed by atoms with Crippen LogP contribution in [0.3, 0.4) is 0 Å². The van der Waals surface area contributed by atoms with Crippen molar-refractivity contribution in [3.63, 3.8) is 0 Å². The minimum atomic E-state index is -0.944. The molecule has 4 N–H and O–H groups in total. The first-order valence-electron chi connectivity index (χ1n) is 5.14. The molecule has 0 bridgehead atoms. The lowest BCUT2D eigenvalue weighted by Crippen LogP contribution is -2.39. The quantitative estimate of drug-likeness (QED) is 0.429. The van der Waals surface area contributed by atoms with Gasteiger partial charge in [-0.2, -0.15) is 0 Å². The van der Waals surface area contributed by atoms with E-state index in [2.05, 4.69) is 16.0 Å². The fourth-order valence-electron chi connectivity index (χ4n) is 1.40. The van der Waals surface area contributed by atoms with E-state index in [9.17, 15) is 9.59 Å². The van der Waals surface area contributed by atoms with E-state index in [1.165, 1.54) is 0 Å². The van der Waals surface area contributed by atoms with E-state index in [4.69, 9.17) is 5.11 Å². The van der Waals surface area contributed by atoms with Crippen LogP contribution >= 0.6 is 0 Å². The van der Waals surface area contributed by atoms with Crippen LogP contribution in [0.5, 0.6) is 0 Å². The number of piperazine rings is 1. The molecule has 1 atom stereocenters. The first-order chi connectivity index (χ1) is 7.20. The van der Waals surface area contributed by atoms with E-state index < -0.39 is 12.0 Å². The molecule has 2 aliphatic rings. The van der Waals surface area contributed by atoms with Crippen molar-refractivity contribution < 1.29 is 14.7 Å². The Kier molecular flexibility index (Phi) is 5.06. The predicted octanol–water partition coefficient (Wildman–Crippen LogP) is -1.47. The molecule has 86 valence electrons. The summed E-state index contributed by atoms with van der Waals surface area (Å²) < 4.78 is 0. The largest absolute Gasteiger partial charge is 0.480 e. The van der Waals surface area contributed by atoms with E-state index >= 15 is 0 Å². The Morgan fingerprint density at radius 3 is 1.93 bits per heavy atom. The Balaban J connectivity index is 0.000000162. The van der Waals surface area contributed by atoms with Crippen molar-refractivity contribution in [3.8, 4) is 0 Å². The highest BCUT2D eigenvalue weighted by Gasteiger charge is 2.26. The molecule has 2 saturated heterocycles. The van der Waals surface area contributed by atoms with E-state index in [0.717, 1.165) is 26.2 Å². The molecule has 0 aliphatic carbocycles. The summed E-state index contributed by atoms with van der Waals surface area (Å²) in [5, 5.41) is 17.1. The maximum absolute atomic E-state index is 10.4. The third kappa shape index (κ3) is 4.75. The lowest BCUT2D eigenvalue weighted by Gasteiger charge is -2.11. The molecule has 0 aromatic rings. The van der Waals surface area contributed by atoms with Gasteiger partial charge in [-0.25, -0.2) is 4.79 Å². The molecule has 2 fully saturated rings. The van der Waals surface area contributed by atoms with Crippen LogP contribution in [0.25, 0.3) is 0 Å². The Bertz CT molecular complexity index is 217. The normalized spacial score (nSPS) is 25.1. The van der Waals surface area contributed by atoms with Crippen molar-refractivity contribution in [2.24, 2.45) is 0 Å². The van der Waals surface area contributed by atoms with Gasteiger partial charge in [0, 0.05) is 32.6 Å². The zero-order valence-electron chi connectivity index (χ0n) is 8.58. The van der Waals surface area contributed by atoms with Crippen LogP contribution in [0.4, 0.5) is 0 Å². The molecular formula is C9H17N3O3. The predicted molar refractivity (Wildman–Crippen MR) is 54.5 cm³/mol. The van der Waals surface area contributed by atoms with Crippen LogP contribution in [0.1, 0.15) is 12.8 Å². The van der Waals surface area contributed by atoms with E-state index in [1.54, 1.807) is 0 Å². The van der Waals surface area contributed by atoms with Crippen molar-refractivity contribution in [3.05, 3.63) is 0 Å². The second-order valence-corrected chi connectivity index (χ2v) is 3.50. The van der Waals surface area contributed by atoms with Gasteiger partial charge in [0.1, 0.15) is 6.04 Å². The van der Waals surface area contributed by atoms with E-state index in [0.29, 0.717) is 12.8 Å². The van der Waals surface area contributed by atoms with Gasteiger partial charge in [0.15, 0.2) is 0 Å². The Labute approximate surface area is 88.4 Å². The Hall–Kier alpha value is -1.14. The van der Waals surface area contributed by atoms with Gasteiger partial charge in [-0.15, -0.1) is 0 Å². The van der Waals surface area contributed by atoms with Gasteiger partial charge in [0.05, 0.1) is 0 Å². The SMILES string of the molecule is C1CNCCN1.O=C1CC[C@@H](C(=O)O)N1. The number of carbonyl (C=O) groups excluding carboxylic acids is 1.